The molecule has 1 aliphatic carbocycles. The second kappa shape index (κ2) is 8.61. The summed E-state index contributed by atoms with van der Waals surface area (Å²) in [7, 11) is 1.85. The summed E-state index contributed by atoms with van der Waals surface area (Å²) in [6, 6.07) is 13.1. The van der Waals surface area contributed by atoms with Crippen LogP contribution >= 0.6 is 0 Å². The van der Waals surface area contributed by atoms with Gasteiger partial charge in [-0.25, -0.2) is 0 Å². The van der Waals surface area contributed by atoms with Crippen molar-refractivity contribution >= 4 is 41.7 Å². The van der Waals surface area contributed by atoms with Crippen molar-refractivity contribution in [1.82, 2.24) is 9.80 Å². The molecule has 6 atom stereocenters. The van der Waals surface area contributed by atoms with Gasteiger partial charge in [0.25, 0.3) is 0 Å². The summed E-state index contributed by atoms with van der Waals surface area (Å²) >= 11 is -2.69. The molecule has 2 unspecified atom stereocenters. The first-order valence-electron chi connectivity index (χ1n) is 15.4. The van der Waals surface area contributed by atoms with Crippen LogP contribution in [-0.4, -0.2) is 71.6 Å². The van der Waals surface area contributed by atoms with Crippen molar-refractivity contribution in [3.05, 3.63) is 60.4 Å². The third kappa shape index (κ3) is 3.18. The molecule has 2 bridgehead atoms. The molecule has 2 aromatic carbocycles. The number of nitrogens with one attached hydrogen (secondary N) is 1. The van der Waals surface area contributed by atoms with E-state index < -0.39 is 46.2 Å². The molecular formula is C34H37N3O6Se. The third-order valence-electron chi connectivity index (χ3n) is 11.9. The van der Waals surface area contributed by atoms with Gasteiger partial charge in [0.2, 0.25) is 0 Å². The van der Waals surface area contributed by atoms with E-state index in [4.69, 9.17) is 9.47 Å². The maximum atomic E-state index is 14.4. The second-order valence-electron chi connectivity index (χ2n) is 14.5. The third-order valence-corrected chi connectivity index (χ3v) is 15.4. The van der Waals surface area contributed by atoms with Gasteiger partial charge in [0, 0.05) is 0 Å². The van der Waals surface area contributed by atoms with Crippen molar-refractivity contribution in [3.63, 3.8) is 0 Å². The molecule has 6 heterocycles. The van der Waals surface area contributed by atoms with Crippen LogP contribution in [0, 0.1) is 11.3 Å². The summed E-state index contributed by atoms with van der Waals surface area (Å²) < 4.78 is 26.7. The average Bonchev–Trinajstić information content (AvgIpc) is 3.31. The maximum absolute atomic E-state index is 14.4. The Bertz CT molecular complexity index is 1720. The van der Waals surface area contributed by atoms with Crippen LogP contribution in [0.5, 0.6) is 11.5 Å². The Kier molecular flexibility index (Phi) is 5.48. The summed E-state index contributed by atoms with van der Waals surface area (Å²) in [5, 5.41) is 3.17. The molecule has 3 spiro atoms. The number of piperidine rings is 3. The average molecular weight is 663 g/mol. The van der Waals surface area contributed by atoms with Crippen LogP contribution in [-0.2, 0) is 23.6 Å². The predicted molar refractivity (Wildman–Crippen MR) is 163 cm³/mol. The van der Waals surface area contributed by atoms with Gasteiger partial charge >= 0.3 is 236 Å². The van der Waals surface area contributed by atoms with Crippen molar-refractivity contribution < 1.29 is 27.7 Å². The number of benzene rings is 2. The van der Waals surface area contributed by atoms with Crippen LogP contribution in [0.4, 0.5) is 5.69 Å². The number of hydrogen-bond acceptors (Lipinski definition) is 6. The second-order valence-corrected chi connectivity index (χ2v) is 17.9. The molecule has 0 aromatic heterocycles. The van der Waals surface area contributed by atoms with Crippen molar-refractivity contribution in [2.45, 2.75) is 80.3 Å². The number of anilines is 1. The van der Waals surface area contributed by atoms with Gasteiger partial charge in [-0.3, -0.25) is 0 Å². The van der Waals surface area contributed by atoms with Gasteiger partial charge in [-0.1, -0.05) is 0 Å². The van der Waals surface area contributed by atoms with E-state index in [1.54, 1.807) is 11.2 Å². The zero-order valence-electron chi connectivity index (χ0n) is 25.6. The fourth-order valence-corrected chi connectivity index (χ4v) is 12.6. The van der Waals surface area contributed by atoms with Gasteiger partial charge in [0.05, 0.1) is 0 Å². The van der Waals surface area contributed by atoms with Crippen LogP contribution in [0.15, 0.2) is 54.8 Å². The number of rotatable bonds is 2. The molecule has 4 saturated heterocycles. The zero-order chi connectivity index (χ0) is 31.0. The number of likely N-dealkylation sites (N-methyl/N-ethyl adjacent to an activating group) is 1. The molecule has 7 aliphatic rings. The number of nitrogens with zero attached hydrogens (tertiary/aromatic N) is 2. The van der Waals surface area contributed by atoms with E-state index in [9.17, 15) is 18.2 Å². The molecule has 6 aliphatic heterocycles. The zero-order valence-corrected chi connectivity index (χ0v) is 27.4. The van der Waals surface area contributed by atoms with E-state index >= 15 is 0 Å². The van der Waals surface area contributed by atoms with Crippen LogP contribution in [0.3, 0.4) is 0 Å². The first-order chi connectivity index (χ1) is 20.8. The summed E-state index contributed by atoms with van der Waals surface area (Å²) in [5.41, 5.74) is -2.41. The molecule has 44 heavy (non-hydrogen) atoms. The van der Waals surface area contributed by atoms with Crippen molar-refractivity contribution in [3.8, 4) is 11.5 Å². The summed E-state index contributed by atoms with van der Waals surface area (Å²) in [6.07, 6.45) is 5.20. The van der Waals surface area contributed by atoms with E-state index in [1.807, 2.05) is 74.3 Å². The summed E-state index contributed by atoms with van der Waals surface area (Å²) in [5.74, 6) is 0.624. The summed E-state index contributed by atoms with van der Waals surface area (Å²) in [4.78, 5) is 46.0. The first kappa shape index (κ1) is 28.0. The SMILES string of the molecule is CN1C(=O)[C@@]23CCC([Se](=O)c4ccccc4)C(=O)N2C[C@@]12C[C@@]1(C(=O)Nc4c1ccc1c4OC=CC(C)(C)O1)C(C)(C)[C@@H]2C3. The minimum atomic E-state index is -2.69. The topological polar surface area (TPSA) is 105 Å². The van der Waals surface area contributed by atoms with Crippen molar-refractivity contribution in [2.24, 2.45) is 11.3 Å². The first-order valence-corrected chi connectivity index (χ1v) is 17.9. The van der Waals surface area contributed by atoms with E-state index in [0.717, 1.165) is 5.56 Å². The Balaban J connectivity index is 1.23. The number of hydrogen-bond donors (Lipinski definition) is 1. The van der Waals surface area contributed by atoms with E-state index in [-0.39, 0.29) is 23.6 Å². The summed E-state index contributed by atoms with van der Waals surface area (Å²) in [6.45, 7) is 8.52. The number of carbonyl (C=O) groups excluding carboxylic acids is 3. The molecule has 5 fully saturated rings. The molecule has 9 nitrogen and oxygen atoms in total. The number of carbonyl (C=O) groups is 3. The van der Waals surface area contributed by atoms with E-state index in [1.165, 1.54) is 0 Å². The Morgan fingerprint density at radius 3 is 2.52 bits per heavy atom. The molecule has 1 N–H and O–H groups in total. The molecule has 0 radical (unpaired) electrons. The fraction of sp³-hybridized carbons (Fsp3) is 0.500. The number of ether oxygens (including phenoxy) is 2. The Labute approximate surface area is 261 Å². The Morgan fingerprint density at radius 1 is 1.02 bits per heavy atom. The van der Waals surface area contributed by atoms with Crippen LogP contribution < -0.4 is 19.3 Å². The van der Waals surface area contributed by atoms with Crippen LogP contribution in [0.2, 0.25) is 4.82 Å². The molecule has 9 rings (SSSR count). The molecule has 3 amide bonds. The molecule has 230 valence electrons. The number of amides is 3. The van der Waals surface area contributed by atoms with Gasteiger partial charge in [-0.2, -0.15) is 0 Å². The van der Waals surface area contributed by atoms with Gasteiger partial charge in [0.1, 0.15) is 5.60 Å². The standard InChI is InChI=1S/C34H37N3O6Se/c1-30(2)15-16-42-26-22(43-30)12-11-21-25(26)35-28(39)34(21)18-33-19-37-27(38)23(44(41)20-9-7-6-8-10-20)13-14-32(37,29(40)36(33)5)17-24(33)31(34,3)4/h6-12,15-16,23-24H,13-14,17-19H2,1-5H3,(H,35,39)/t23?,24-,32-,33+,34+,44?/m0/s1. The number of piperazine rings is 1. The molecular weight excluding hydrogens is 625 g/mol. The molecule has 2 aromatic rings. The normalized spacial score (nSPS) is 36.1. The van der Waals surface area contributed by atoms with Gasteiger partial charge in [-0.05, 0) is 19.9 Å². The quantitative estimate of drug-likeness (QED) is 0.493. The Morgan fingerprint density at radius 2 is 1.77 bits per heavy atom. The van der Waals surface area contributed by atoms with Crippen molar-refractivity contribution in [1.29, 1.82) is 0 Å². The van der Waals surface area contributed by atoms with Crippen molar-refractivity contribution in [2.75, 3.05) is 18.9 Å². The van der Waals surface area contributed by atoms with E-state index in [0.29, 0.717) is 53.9 Å². The van der Waals surface area contributed by atoms with Crippen LogP contribution in [0.1, 0.15) is 58.9 Å². The van der Waals surface area contributed by atoms with Gasteiger partial charge in [-0.15, -0.1) is 0 Å². The predicted octanol–water partition coefficient (Wildman–Crippen LogP) is 3.66. The Hall–Kier alpha value is -3.49. The monoisotopic (exact) mass is 663 g/mol. The van der Waals surface area contributed by atoms with Gasteiger partial charge < -0.3 is 0 Å². The van der Waals surface area contributed by atoms with Crippen LogP contribution in [0.25, 0.3) is 0 Å². The van der Waals surface area contributed by atoms with E-state index in [2.05, 4.69) is 19.2 Å². The molecule has 1 saturated carbocycles. The minimum absolute atomic E-state index is 0.0435. The molecule has 10 heteroatoms. The fourth-order valence-electron chi connectivity index (χ4n) is 9.64. The number of fused-ring (bicyclic) bond motifs is 5. The van der Waals surface area contributed by atoms with Gasteiger partial charge in [0.15, 0.2) is 0 Å².